The number of benzene rings is 2. The number of nitrogens with one attached hydrogen (secondary N) is 2. The van der Waals surface area contributed by atoms with Crippen LogP contribution in [0.25, 0.3) is 0 Å². The Morgan fingerprint density at radius 2 is 1.90 bits per heavy atom. The van der Waals surface area contributed by atoms with Crippen molar-refractivity contribution in [3.8, 4) is 0 Å². The minimum absolute atomic E-state index is 0.00683. The third-order valence-electron chi connectivity index (χ3n) is 2.86. The van der Waals surface area contributed by atoms with Crippen molar-refractivity contribution in [3.05, 3.63) is 59.9 Å². The Hall–Kier alpha value is -2.40. The predicted octanol–water partition coefficient (Wildman–Crippen LogP) is 3.02. The Balaban J connectivity index is 1.98. The van der Waals surface area contributed by atoms with E-state index in [1.54, 1.807) is 30.3 Å². The topological polar surface area (TPSA) is 50.4 Å². The highest BCUT2D eigenvalue weighted by Gasteiger charge is 2.03. The number of halogens is 1. The number of ether oxygens (including phenoxy) is 1. The summed E-state index contributed by atoms with van der Waals surface area (Å²) in [6.07, 6.45) is 0. The maximum atomic E-state index is 13.5. The van der Waals surface area contributed by atoms with Crippen molar-refractivity contribution >= 4 is 17.3 Å². The highest BCUT2D eigenvalue weighted by molar-refractivity contribution is 5.92. The first-order valence-electron chi connectivity index (χ1n) is 6.55. The zero-order chi connectivity index (χ0) is 15.1. The summed E-state index contributed by atoms with van der Waals surface area (Å²) in [7, 11) is 1.46. The normalized spacial score (nSPS) is 10.2. The van der Waals surface area contributed by atoms with Crippen molar-refractivity contribution in [1.82, 2.24) is 0 Å². The van der Waals surface area contributed by atoms with Gasteiger partial charge in [-0.05, 0) is 24.3 Å². The second kappa shape index (κ2) is 7.40. The van der Waals surface area contributed by atoms with Crippen LogP contribution in [0.2, 0.25) is 0 Å². The molecule has 0 aliphatic carbocycles. The van der Waals surface area contributed by atoms with Crippen molar-refractivity contribution in [2.45, 2.75) is 6.54 Å². The smallest absolute Gasteiger partial charge is 0.250 e. The Morgan fingerprint density at radius 3 is 2.67 bits per heavy atom. The second-order valence-electron chi connectivity index (χ2n) is 4.51. The molecular weight excluding hydrogens is 271 g/mol. The summed E-state index contributed by atoms with van der Waals surface area (Å²) in [5, 5.41) is 5.84. The Labute approximate surface area is 122 Å². The van der Waals surface area contributed by atoms with E-state index in [0.717, 1.165) is 5.69 Å². The molecule has 0 aliphatic rings. The zero-order valence-electron chi connectivity index (χ0n) is 11.7. The number of carbonyl (C=O) groups is 1. The summed E-state index contributed by atoms with van der Waals surface area (Å²) >= 11 is 0. The molecule has 5 heteroatoms. The first kappa shape index (κ1) is 15.0. The fourth-order valence-corrected chi connectivity index (χ4v) is 1.87. The average molecular weight is 288 g/mol. The van der Waals surface area contributed by atoms with Gasteiger partial charge in [0.25, 0.3) is 0 Å². The van der Waals surface area contributed by atoms with Gasteiger partial charge < -0.3 is 15.4 Å². The van der Waals surface area contributed by atoms with Gasteiger partial charge in [0.1, 0.15) is 12.4 Å². The first-order valence-corrected chi connectivity index (χ1v) is 6.55. The fourth-order valence-electron chi connectivity index (χ4n) is 1.87. The van der Waals surface area contributed by atoms with Crippen LogP contribution in [0.3, 0.4) is 0 Å². The molecule has 0 unspecified atom stereocenters. The van der Waals surface area contributed by atoms with Gasteiger partial charge in [-0.25, -0.2) is 4.39 Å². The number of amides is 1. The van der Waals surface area contributed by atoms with Crippen LogP contribution in [0.5, 0.6) is 0 Å². The number of carbonyl (C=O) groups excluding carboxylic acids is 1. The van der Waals surface area contributed by atoms with Crippen LogP contribution in [0.4, 0.5) is 15.8 Å². The number of methoxy groups -OCH3 is 1. The molecule has 0 spiro atoms. The predicted molar refractivity (Wildman–Crippen MR) is 80.7 cm³/mol. The van der Waals surface area contributed by atoms with E-state index in [-0.39, 0.29) is 18.3 Å². The second-order valence-corrected chi connectivity index (χ2v) is 4.51. The molecule has 2 aromatic carbocycles. The number of rotatable bonds is 6. The summed E-state index contributed by atoms with van der Waals surface area (Å²) in [6.45, 7) is 0.384. The van der Waals surface area contributed by atoms with E-state index in [2.05, 4.69) is 10.6 Å². The summed E-state index contributed by atoms with van der Waals surface area (Å²) in [6, 6.07) is 13.8. The lowest BCUT2D eigenvalue weighted by molar-refractivity contribution is -0.119. The van der Waals surface area contributed by atoms with Crippen LogP contribution in [-0.4, -0.2) is 19.6 Å². The summed E-state index contributed by atoms with van der Waals surface area (Å²) in [5.41, 5.74) is 2.05. The van der Waals surface area contributed by atoms with Crippen LogP contribution in [0.15, 0.2) is 48.5 Å². The third kappa shape index (κ3) is 4.57. The molecule has 0 bridgehead atoms. The van der Waals surface area contributed by atoms with Crippen LogP contribution in [0.1, 0.15) is 5.56 Å². The average Bonchev–Trinajstić information content (AvgIpc) is 2.47. The minimum atomic E-state index is -0.241. The van der Waals surface area contributed by atoms with E-state index in [0.29, 0.717) is 17.8 Å². The van der Waals surface area contributed by atoms with Gasteiger partial charge >= 0.3 is 0 Å². The molecular formula is C16H17FN2O2. The summed E-state index contributed by atoms with van der Waals surface area (Å²) in [5.74, 6) is -0.460. The quantitative estimate of drug-likeness (QED) is 0.859. The molecule has 21 heavy (non-hydrogen) atoms. The molecule has 1 amide bonds. The summed E-state index contributed by atoms with van der Waals surface area (Å²) in [4.78, 5) is 11.4. The monoisotopic (exact) mass is 288 g/mol. The molecule has 0 heterocycles. The Kier molecular flexibility index (Phi) is 5.29. The first-order chi connectivity index (χ1) is 10.2. The van der Waals surface area contributed by atoms with E-state index in [9.17, 15) is 9.18 Å². The SMILES string of the molecule is COCC(=O)Nc1cccc(NCc2ccccc2F)c1. The summed E-state index contributed by atoms with van der Waals surface area (Å²) < 4.78 is 18.3. The lowest BCUT2D eigenvalue weighted by Crippen LogP contribution is -2.17. The van der Waals surface area contributed by atoms with Crippen molar-refractivity contribution in [1.29, 1.82) is 0 Å². The van der Waals surface area contributed by atoms with Gasteiger partial charge in [-0.15, -0.1) is 0 Å². The Morgan fingerprint density at radius 1 is 1.14 bits per heavy atom. The highest BCUT2D eigenvalue weighted by atomic mass is 19.1. The van der Waals surface area contributed by atoms with Crippen molar-refractivity contribution in [3.63, 3.8) is 0 Å². The molecule has 0 saturated heterocycles. The number of anilines is 2. The van der Waals surface area contributed by atoms with E-state index < -0.39 is 0 Å². The highest BCUT2D eigenvalue weighted by Crippen LogP contribution is 2.16. The molecule has 2 N–H and O–H groups in total. The van der Waals surface area contributed by atoms with Crippen LogP contribution >= 0.6 is 0 Å². The van der Waals surface area contributed by atoms with Gasteiger partial charge in [0.2, 0.25) is 5.91 Å². The van der Waals surface area contributed by atoms with Crippen molar-refractivity contribution in [2.24, 2.45) is 0 Å². The fraction of sp³-hybridized carbons (Fsp3) is 0.188. The maximum absolute atomic E-state index is 13.5. The maximum Gasteiger partial charge on any atom is 0.250 e. The minimum Gasteiger partial charge on any atom is -0.381 e. The standard InChI is InChI=1S/C16H17FN2O2/c1-21-11-16(20)19-14-7-4-6-13(9-14)18-10-12-5-2-3-8-15(12)17/h2-9,18H,10-11H2,1H3,(H,19,20). The molecule has 2 aromatic rings. The number of hydrogen-bond donors (Lipinski definition) is 2. The van der Waals surface area contributed by atoms with Crippen LogP contribution in [-0.2, 0) is 16.1 Å². The van der Waals surface area contributed by atoms with Gasteiger partial charge in [0.15, 0.2) is 0 Å². The lowest BCUT2D eigenvalue weighted by Gasteiger charge is -2.10. The molecule has 0 atom stereocenters. The third-order valence-corrected chi connectivity index (χ3v) is 2.86. The van der Waals surface area contributed by atoms with E-state index in [1.165, 1.54) is 13.2 Å². The molecule has 0 aromatic heterocycles. The van der Waals surface area contributed by atoms with Crippen molar-refractivity contribution in [2.75, 3.05) is 24.4 Å². The van der Waals surface area contributed by atoms with Gasteiger partial charge in [-0.2, -0.15) is 0 Å². The molecule has 0 aliphatic heterocycles. The number of hydrogen-bond acceptors (Lipinski definition) is 3. The van der Waals surface area contributed by atoms with Crippen LogP contribution in [0, 0.1) is 5.82 Å². The van der Waals surface area contributed by atoms with Crippen LogP contribution < -0.4 is 10.6 Å². The van der Waals surface area contributed by atoms with E-state index in [4.69, 9.17) is 4.74 Å². The van der Waals surface area contributed by atoms with Gasteiger partial charge in [0.05, 0.1) is 0 Å². The van der Waals surface area contributed by atoms with E-state index in [1.807, 2.05) is 12.1 Å². The zero-order valence-corrected chi connectivity index (χ0v) is 11.7. The lowest BCUT2D eigenvalue weighted by atomic mass is 10.2. The molecule has 2 rings (SSSR count). The molecule has 0 radical (unpaired) electrons. The Bertz CT molecular complexity index is 617. The van der Waals surface area contributed by atoms with E-state index >= 15 is 0 Å². The molecule has 0 fully saturated rings. The van der Waals surface area contributed by atoms with Gasteiger partial charge in [0, 0.05) is 30.6 Å². The van der Waals surface area contributed by atoms with Crippen molar-refractivity contribution < 1.29 is 13.9 Å². The van der Waals surface area contributed by atoms with Gasteiger partial charge in [-0.1, -0.05) is 24.3 Å². The molecule has 0 saturated carbocycles. The van der Waals surface area contributed by atoms with Gasteiger partial charge in [-0.3, -0.25) is 4.79 Å². The molecule has 110 valence electrons. The molecule has 4 nitrogen and oxygen atoms in total. The largest absolute Gasteiger partial charge is 0.381 e.